The maximum absolute atomic E-state index is 12.7. The number of carbonyl (C=O) groups is 3. The maximum atomic E-state index is 12.7. The van der Waals surface area contributed by atoms with E-state index >= 15 is 0 Å². The Morgan fingerprint density at radius 2 is 1.43 bits per heavy atom. The molecule has 2 aromatic carbocycles. The van der Waals surface area contributed by atoms with E-state index in [0.29, 0.717) is 29.0 Å². The number of carbonyl (C=O) groups excluding carboxylic acids is 3. The third kappa shape index (κ3) is 5.92. The second-order valence-electron chi connectivity index (χ2n) is 7.70. The molecule has 2 aromatic rings. The smallest absolute Gasteiger partial charge is 0.255 e. The molecule has 30 heavy (non-hydrogen) atoms. The van der Waals surface area contributed by atoms with Crippen LogP contribution in [0.2, 0.25) is 0 Å². The topological polar surface area (TPSA) is 87.3 Å². The van der Waals surface area contributed by atoms with E-state index in [1.165, 1.54) is 6.42 Å². The molecule has 3 N–H and O–H groups in total. The Kier molecular flexibility index (Phi) is 7.60. The third-order valence-corrected chi connectivity index (χ3v) is 5.29. The lowest BCUT2D eigenvalue weighted by Gasteiger charge is -2.20. The van der Waals surface area contributed by atoms with Crippen molar-refractivity contribution in [3.8, 4) is 0 Å². The first-order valence-corrected chi connectivity index (χ1v) is 10.7. The fourth-order valence-corrected chi connectivity index (χ4v) is 3.63. The van der Waals surface area contributed by atoms with Gasteiger partial charge in [-0.25, -0.2) is 0 Å². The summed E-state index contributed by atoms with van der Waals surface area (Å²) in [7, 11) is 0. The Balaban J connectivity index is 1.64. The van der Waals surface area contributed by atoms with Crippen LogP contribution in [0.3, 0.4) is 0 Å². The van der Waals surface area contributed by atoms with Crippen LogP contribution >= 0.6 is 0 Å². The van der Waals surface area contributed by atoms with Crippen molar-refractivity contribution in [3.63, 3.8) is 0 Å². The first kappa shape index (κ1) is 21.6. The second kappa shape index (κ2) is 10.6. The quantitative estimate of drug-likeness (QED) is 0.627. The summed E-state index contributed by atoms with van der Waals surface area (Å²) in [6, 6.07) is 13.7. The predicted molar refractivity (Wildman–Crippen MR) is 119 cm³/mol. The van der Waals surface area contributed by atoms with Crippen molar-refractivity contribution in [2.24, 2.45) is 5.92 Å². The molecular formula is C24H29N3O3. The minimum Gasteiger partial charge on any atom is -0.352 e. The van der Waals surface area contributed by atoms with Gasteiger partial charge in [0.15, 0.2) is 0 Å². The van der Waals surface area contributed by atoms with Gasteiger partial charge in [-0.3, -0.25) is 14.4 Å². The molecular weight excluding hydrogens is 378 g/mol. The number of amides is 3. The summed E-state index contributed by atoms with van der Waals surface area (Å²) in [5, 5.41) is 8.59. The number of anilines is 2. The number of hydrogen-bond acceptors (Lipinski definition) is 3. The molecule has 0 saturated heterocycles. The molecule has 0 heterocycles. The van der Waals surface area contributed by atoms with Crippen molar-refractivity contribution in [2.75, 3.05) is 17.2 Å². The van der Waals surface area contributed by atoms with E-state index in [2.05, 4.69) is 16.0 Å². The highest BCUT2D eigenvalue weighted by Crippen LogP contribution is 2.25. The van der Waals surface area contributed by atoms with Crippen LogP contribution in [0.5, 0.6) is 0 Å². The lowest BCUT2D eigenvalue weighted by Crippen LogP contribution is -2.25. The zero-order chi connectivity index (χ0) is 21.3. The zero-order valence-electron chi connectivity index (χ0n) is 17.4. The molecule has 0 spiro atoms. The van der Waals surface area contributed by atoms with Gasteiger partial charge in [-0.1, -0.05) is 38.3 Å². The molecule has 0 unspecified atom stereocenters. The Morgan fingerprint density at radius 3 is 2.07 bits per heavy atom. The fourth-order valence-electron chi connectivity index (χ4n) is 3.63. The first-order chi connectivity index (χ1) is 14.6. The lowest BCUT2D eigenvalue weighted by atomic mass is 9.88. The highest BCUT2D eigenvalue weighted by atomic mass is 16.2. The zero-order valence-corrected chi connectivity index (χ0v) is 17.4. The number of hydrogen-bond donors (Lipinski definition) is 3. The largest absolute Gasteiger partial charge is 0.352 e. The van der Waals surface area contributed by atoms with Gasteiger partial charge in [-0.15, -0.1) is 0 Å². The van der Waals surface area contributed by atoms with Crippen molar-refractivity contribution in [3.05, 3.63) is 59.7 Å². The van der Waals surface area contributed by atoms with Crippen LogP contribution < -0.4 is 16.0 Å². The van der Waals surface area contributed by atoms with E-state index in [-0.39, 0.29) is 23.6 Å². The monoisotopic (exact) mass is 407 g/mol. The molecule has 1 fully saturated rings. The Labute approximate surface area is 177 Å². The average molecular weight is 408 g/mol. The summed E-state index contributed by atoms with van der Waals surface area (Å²) in [5.74, 6) is -0.383. The molecule has 6 heteroatoms. The van der Waals surface area contributed by atoms with Crippen LogP contribution in [0.25, 0.3) is 0 Å². The van der Waals surface area contributed by atoms with Gasteiger partial charge >= 0.3 is 0 Å². The van der Waals surface area contributed by atoms with Crippen LogP contribution in [0.4, 0.5) is 11.4 Å². The molecule has 1 saturated carbocycles. The van der Waals surface area contributed by atoms with Gasteiger partial charge in [0.25, 0.3) is 11.8 Å². The number of benzene rings is 2. The number of rotatable bonds is 7. The highest BCUT2D eigenvalue weighted by molar-refractivity contribution is 6.06. The molecule has 0 radical (unpaired) electrons. The van der Waals surface area contributed by atoms with E-state index in [0.717, 1.165) is 32.1 Å². The minimum absolute atomic E-state index is 0.0260. The summed E-state index contributed by atoms with van der Waals surface area (Å²) in [6.45, 7) is 2.59. The number of nitrogens with one attached hydrogen (secondary N) is 3. The van der Waals surface area contributed by atoms with E-state index in [4.69, 9.17) is 0 Å². The van der Waals surface area contributed by atoms with Crippen molar-refractivity contribution < 1.29 is 14.4 Å². The molecule has 1 aliphatic carbocycles. The molecule has 0 atom stereocenters. The van der Waals surface area contributed by atoms with Crippen LogP contribution in [0.15, 0.2) is 48.5 Å². The van der Waals surface area contributed by atoms with E-state index in [1.54, 1.807) is 48.5 Å². The average Bonchev–Trinajstić information content (AvgIpc) is 2.78. The van der Waals surface area contributed by atoms with E-state index in [9.17, 15) is 14.4 Å². The maximum Gasteiger partial charge on any atom is 0.255 e. The summed E-state index contributed by atoms with van der Waals surface area (Å²) in [4.78, 5) is 37.3. The molecule has 158 valence electrons. The SMILES string of the molecule is CCCNC(=O)c1cccc(NC(=O)c2cccc(NC(=O)C3CCCCC3)c2)c1. The van der Waals surface area contributed by atoms with Crippen LogP contribution in [-0.4, -0.2) is 24.3 Å². The van der Waals surface area contributed by atoms with Crippen molar-refractivity contribution in [1.82, 2.24) is 5.32 Å². The molecule has 0 bridgehead atoms. The molecule has 1 aliphatic rings. The Hall–Kier alpha value is -3.15. The second-order valence-corrected chi connectivity index (χ2v) is 7.70. The summed E-state index contributed by atoms with van der Waals surface area (Å²) in [6.07, 6.45) is 6.09. The highest BCUT2D eigenvalue weighted by Gasteiger charge is 2.21. The van der Waals surface area contributed by atoms with Gasteiger partial charge in [-0.2, -0.15) is 0 Å². The van der Waals surface area contributed by atoms with Crippen molar-refractivity contribution in [2.45, 2.75) is 45.4 Å². The van der Waals surface area contributed by atoms with Gasteiger partial charge in [-0.05, 0) is 55.7 Å². The molecule has 3 rings (SSSR count). The van der Waals surface area contributed by atoms with E-state index < -0.39 is 0 Å². The molecule has 6 nitrogen and oxygen atoms in total. The third-order valence-electron chi connectivity index (χ3n) is 5.29. The summed E-state index contributed by atoms with van der Waals surface area (Å²) >= 11 is 0. The van der Waals surface area contributed by atoms with Gasteiger partial charge in [0.2, 0.25) is 5.91 Å². The Bertz CT molecular complexity index is 904. The Morgan fingerprint density at radius 1 is 0.833 bits per heavy atom. The molecule has 3 amide bonds. The van der Waals surface area contributed by atoms with Crippen molar-refractivity contribution in [1.29, 1.82) is 0 Å². The summed E-state index contributed by atoms with van der Waals surface area (Å²) < 4.78 is 0. The predicted octanol–water partition coefficient (Wildman–Crippen LogP) is 4.60. The summed E-state index contributed by atoms with van der Waals surface area (Å²) in [5.41, 5.74) is 2.10. The fraction of sp³-hybridized carbons (Fsp3) is 0.375. The van der Waals surface area contributed by atoms with Crippen LogP contribution in [0.1, 0.15) is 66.2 Å². The minimum atomic E-state index is -0.296. The van der Waals surface area contributed by atoms with E-state index in [1.807, 2.05) is 6.92 Å². The molecule has 0 aliphatic heterocycles. The van der Waals surface area contributed by atoms with Gasteiger partial charge in [0, 0.05) is 35.0 Å². The van der Waals surface area contributed by atoms with Gasteiger partial charge in [0.05, 0.1) is 0 Å². The van der Waals surface area contributed by atoms with Crippen LogP contribution in [-0.2, 0) is 4.79 Å². The van der Waals surface area contributed by atoms with Crippen molar-refractivity contribution >= 4 is 29.1 Å². The standard InChI is InChI=1S/C24H29N3O3/c1-2-14-25-22(28)18-10-6-12-20(15-18)27-24(30)19-11-7-13-21(16-19)26-23(29)17-8-4-3-5-9-17/h6-7,10-13,15-17H,2-5,8-9,14H2,1H3,(H,25,28)(H,26,29)(H,27,30). The normalized spacial score (nSPS) is 14.0. The first-order valence-electron chi connectivity index (χ1n) is 10.7. The lowest BCUT2D eigenvalue weighted by molar-refractivity contribution is -0.120. The van der Waals surface area contributed by atoms with Gasteiger partial charge < -0.3 is 16.0 Å². The van der Waals surface area contributed by atoms with Crippen LogP contribution in [0, 0.1) is 5.92 Å². The molecule has 0 aromatic heterocycles. The van der Waals surface area contributed by atoms with Gasteiger partial charge in [0.1, 0.15) is 0 Å².